The van der Waals surface area contributed by atoms with Crippen molar-refractivity contribution in [2.45, 2.75) is 32.3 Å². The lowest BCUT2D eigenvalue weighted by Gasteiger charge is -2.39. The third-order valence-electron chi connectivity index (χ3n) is 5.88. The second-order valence-corrected chi connectivity index (χ2v) is 8.74. The van der Waals surface area contributed by atoms with Gasteiger partial charge in [0.2, 0.25) is 11.7 Å². The van der Waals surface area contributed by atoms with Gasteiger partial charge in [0.25, 0.3) is 5.56 Å². The molecular formula is C20H24Cl2N4O3. The van der Waals surface area contributed by atoms with Crippen LogP contribution in [0.25, 0.3) is 0 Å². The highest BCUT2D eigenvalue weighted by molar-refractivity contribution is 6.42. The Kier molecular flexibility index (Phi) is 5.40. The molecule has 0 radical (unpaired) electrons. The van der Waals surface area contributed by atoms with Crippen LogP contribution in [0.4, 0.5) is 11.8 Å². The maximum absolute atomic E-state index is 12.9. The molecule has 1 aromatic carbocycles. The van der Waals surface area contributed by atoms with Crippen molar-refractivity contribution in [1.82, 2.24) is 9.55 Å². The summed E-state index contributed by atoms with van der Waals surface area (Å²) in [4.78, 5) is 19.5. The second kappa shape index (κ2) is 7.70. The first-order chi connectivity index (χ1) is 13.8. The molecule has 1 aromatic heterocycles. The van der Waals surface area contributed by atoms with E-state index >= 15 is 0 Å². The number of rotatable bonds is 3. The summed E-state index contributed by atoms with van der Waals surface area (Å²) in [5, 5.41) is 0.547. The Balaban J connectivity index is 1.58. The van der Waals surface area contributed by atoms with Gasteiger partial charge in [0.1, 0.15) is 10.8 Å². The molecule has 156 valence electrons. The minimum atomic E-state index is -0.373. The molecule has 2 aliphatic rings. The number of piperidine rings is 1. The van der Waals surface area contributed by atoms with Crippen LogP contribution in [0.3, 0.4) is 0 Å². The van der Waals surface area contributed by atoms with Crippen molar-refractivity contribution in [2.75, 3.05) is 30.3 Å². The van der Waals surface area contributed by atoms with E-state index in [4.69, 9.17) is 38.4 Å². The van der Waals surface area contributed by atoms with E-state index in [9.17, 15) is 4.79 Å². The molecule has 29 heavy (non-hydrogen) atoms. The molecule has 3 heterocycles. The third-order valence-corrected chi connectivity index (χ3v) is 6.68. The Morgan fingerprint density at radius 3 is 2.69 bits per heavy atom. The van der Waals surface area contributed by atoms with Gasteiger partial charge in [0.15, 0.2) is 5.82 Å². The van der Waals surface area contributed by atoms with Crippen LogP contribution in [0.5, 0.6) is 11.5 Å². The zero-order chi connectivity index (χ0) is 20.8. The van der Waals surface area contributed by atoms with E-state index in [0.29, 0.717) is 17.1 Å². The van der Waals surface area contributed by atoms with Gasteiger partial charge in [0.05, 0.1) is 17.7 Å². The van der Waals surface area contributed by atoms with E-state index in [0.717, 1.165) is 39.0 Å². The molecule has 1 atom stereocenters. The van der Waals surface area contributed by atoms with E-state index in [1.54, 1.807) is 25.2 Å². The van der Waals surface area contributed by atoms with Gasteiger partial charge in [-0.3, -0.25) is 9.36 Å². The highest BCUT2D eigenvalue weighted by Gasteiger charge is 2.41. The lowest BCUT2D eigenvalue weighted by molar-refractivity contribution is 0.0974. The quantitative estimate of drug-likeness (QED) is 0.782. The molecule has 0 saturated carbocycles. The number of hydrogen-bond acceptors (Lipinski definition) is 6. The van der Waals surface area contributed by atoms with Gasteiger partial charge in [-0.25, -0.2) is 0 Å². The van der Waals surface area contributed by atoms with Crippen LogP contribution in [0, 0.1) is 5.41 Å². The molecule has 2 saturated heterocycles. The Labute approximate surface area is 179 Å². The molecule has 2 N–H and O–H groups in total. The molecule has 4 rings (SSSR count). The summed E-state index contributed by atoms with van der Waals surface area (Å²) in [6.45, 7) is 4.54. The largest absolute Gasteiger partial charge is 0.446 e. The monoisotopic (exact) mass is 438 g/mol. The van der Waals surface area contributed by atoms with Crippen LogP contribution < -0.4 is 20.9 Å². The predicted molar refractivity (Wildman–Crippen MR) is 114 cm³/mol. The average Bonchev–Trinajstić information content (AvgIpc) is 3.06. The van der Waals surface area contributed by atoms with Crippen molar-refractivity contribution in [3.63, 3.8) is 0 Å². The number of benzene rings is 1. The van der Waals surface area contributed by atoms with E-state index in [2.05, 4.69) is 16.8 Å². The van der Waals surface area contributed by atoms with Crippen LogP contribution >= 0.6 is 23.2 Å². The van der Waals surface area contributed by atoms with Crippen LogP contribution in [0.1, 0.15) is 26.2 Å². The third kappa shape index (κ3) is 3.79. The summed E-state index contributed by atoms with van der Waals surface area (Å²) in [5.74, 6) is 0.760. The van der Waals surface area contributed by atoms with Crippen molar-refractivity contribution >= 4 is 35.0 Å². The molecule has 2 aromatic rings. The molecule has 0 aliphatic carbocycles. The summed E-state index contributed by atoms with van der Waals surface area (Å²) >= 11 is 12.2. The summed E-state index contributed by atoms with van der Waals surface area (Å²) in [5.41, 5.74) is 5.96. The first-order valence-electron chi connectivity index (χ1n) is 9.64. The van der Waals surface area contributed by atoms with Gasteiger partial charge in [-0.15, -0.1) is 0 Å². The minimum Gasteiger partial charge on any atom is -0.446 e. The zero-order valence-corrected chi connectivity index (χ0v) is 18.0. The van der Waals surface area contributed by atoms with E-state index < -0.39 is 0 Å². The zero-order valence-electron chi connectivity index (χ0n) is 16.5. The van der Waals surface area contributed by atoms with Crippen LogP contribution in [0.2, 0.25) is 10.0 Å². The van der Waals surface area contributed by atoms with Gasteiger partial charge in [-0.05, 0) is 43.7 Å². The van der Waals surface area contributed by atoms with E-state index in [-0.39, 0.29) is 33.3 Å². The summed E-state index contributed by atoms with van der Waals surface area (Å²) < 4.78 is 13.0. The fraction of sp³-hybridized carbons (Fsp3) is 0.500. The van der Waals surface area contributed by atoms with Crippen molar-refractivity contribution in [1.29, 1.82) is 0 Å². The number of hydrogen-bond donors (Lipinski definition) is 1. The van der Waals surface area contributed by atoms with Crippen molar-refractivity contribution in [3.8, 4) is 11.5 Å². The van der Waals surface area contributed by atoms with Gasteiger partial charge in [0, 0.05) is 20.1 Å². The maximum atomic E-state index is 12.9. The number of nitrogens with two attached hydrogens (primary N) is 1. The molecular weight excluding hydrogens is 415 g/mol. The minimum absolute atomic E-state index is 0.0252. The van der Waals surface area contributed by atoms with Crippen LogP contribution in [-0.4, -0.2) is 35.4 Å². The highest BCUT2D eigenvalue weighted by atomic mass is 35.5. The lowest BCUT2D eigenvalue weighted by Crippen LogP contribution is -2.43. The first kappa shape index (κ1) is 20.3. The van der Waals surface area contributed by atoms with E-state index in [1.165, 1.54) is 4.57 Å². The molecule has 7 nitrogen and oxygen atoms in total. The molecule has 0 bridgehead atoms. The molecule has 2 fully saturated rings. The lowest BCUT2D eigenvalue weighted by atomic mass is 9.77. The van der Waals surface area contributed by atoms with Gasteiger partial charge < -0.3 is 20.1 Å². The van der Waals surface area contributed by atoms with Crippen LogP contribution in [-0.2, 0) is 11.8 Å². The Morgan fingerprint density at radius 2 is 2.03 bits per heavy atom. The number of ether oxygens (including phenoxy) is 2. The SMILES string of the molecule is C[C@H]1CC2(CCN(c3nc(N)c(Oc4cccc(Cl)c4Cl)c(=O)n3C)CC2)CO1. The van der Waals surface area contributed by atoms with Crippen molar-refractivity contribution in [2.24, 2.45) is 12.5 Å². The smallest absolute Gasteiger partial charge is 0.299 e. The summed E-state index contributed by atoms with van der Waals surface area (Å²) in [6, 6.07) is 4.94. The second-order valence-electron chi connectivity index (χ2n) is 7.96. The topological polar surface area (TPSA) is 82.6 Å². The normalized spacial score (nSPS) is 21.0. The van der Waals surface area contributed by atoms with Gasteiger partial charge in [-0.1, -0.05) is 29.3 Å². The molecule has 0 unspecified atom stereocenters. The van der Waals surface area contributed by atoms with Crippen molar-refractivity contribution in [3.05, 3.63) is 38.6 Å². The summed E-state index contributed by atoms with van der Waals surface area (Å²) in [7, 11) is 1.67. The number of nitrogen functional groups attached to an aromatic ring is 1. The molecule has 0 amide bonds. The fourth-order valence-corrected chi connectivity index (χ4v) is 4.54. The molecule has 2 aliphatic heterocycles. The fourth-order valence-electron chi connectivity index (χ4n) is 4.21. The first-order valence-corrected chi connectivity index (χ1v) is 10.4. The van der Waals surface area contributed by atoms with Crippen molar-refractivity contribution < 1.29 is 9.47 Å². The number of halogens is 2. The molecule has 9 heteroatoms. The standard InChI is InChI=1S/C20H24Cl2N4O3/c1-12-10-20(11-28-12)6-8-26(9-7-20)19-24-17(23)16(18(27)25(19)2)29-14-5-3-4-13(21)15(14)22/h3-5,12H,6-11,23H2,1-2H3/t12-/m0/s1. The van der Waals surface area contributed by atoms with Gasteiger partial charge >= 0.3 is 0 Å². The highest BCUT2D eigenvalue weighted by Crippen LogP contribution is 2.42. The molecule has 1 spiro atoms. The number of anilines is 2. The van der Waals surface area contributed by atoms with Gasteiger partial charge in [-0.2, -0.15) is 4.98 Å². The Bertz CT molecular complexity index is 986. The van der Waals surface area contributed by atoms with Crippen LogP contribution in [0.15, 0.2) is 23.0 Å². The Morgan fingerprint density at radius 1 is 1.31 bits per heavy atom. The average molecular weight is 439 g/mol. The maximum Gasteiger partial charge on any atom is 0.299 e. The predicted octanol–water partition coefficient (Wildman–Crippen LogP) is 3.86. The summed E-state index contributed by atoms with van der Waals surface area (Å²) in [6.07, 6.45) is 3.41. The van der Waals surface area contributed by atoms with E-state index in [1.807, 2.05) is 0 Å². The Hall–Kier alpha value is -1.96. The number of nitrogens with zero attached hydrogens (tertiary/aromatic N) is 3. The number of aromatic nitrogens is 2.